The van der Waals surface area contributed by atoms with Crippen LogP contribution in [-0.2, 0) is 0 Å². The zero-order chi connectivity index (χ0) is 15.0. The van der Waals surface area contributed by atoms with Crippen molar-refractivity contribution in [1.29, 1.82) is 0 Å². The van der Waals surface area contributed by atoms with Crippen molar-refractivity contribution in [1.82, 2.24) is 0 Å². The van der Waals surface area contributed by atoms with E-state index in [2.05, 4.69) is 76.2 Å². The normalized spacial score (nSPS) is 17.3. The van der Waals surface area contributed by atoms with Crippen molar-refractivity contribution in [2.24, 2.45) is 0 Å². The molecule has 2 aromatic rings. The molecular weight excluding hydrogens is 315 g/mol. The molecule has 1 heteroatoms. The van der Waals surface area contributed by atoms with Gasteiger partial charge in [0.2, 0.25) is 0 Å². The van der Waals surface area contributed by atoms with Crippen LogP contribution in [0.5, 0.6) is 0 Å². The Hall–Kier alpha value is -1.26. The van der Waals surface area contributed by atoms with Gasteiger partial charge in [-0.3, -0.25) is 0 Å². The standard InChI is InChI=1S/C20H24As/c1-15-5-9-19(10-6-15)21(13-17(3)18(4)14-21)20-11-7-16(2)8-12-20/h5-12H,13-14H2,1-4H3/q+1. The first-order valence-corrected chi connectivity index (χ1v) is 12.2. The van der Waals surface area contributed by atoms with Crippen LogP contribution in [0.15, 0.2) is 59.7 Å². The number of benzene rings is 2. The molecule has 0 N–H and O–H groups in total. The van der Waals surface area contributed by atoms with Crippen LogP contribution in [0.2, 0.25) is 10.4 Å². The molecule has 0 unspecified atom stereocenters. The third-order valence-corrected chi connectivity index (χ3v) is 14.5. The Morgan fingerprint density at radius 3 is 1.24 bits per heavy atom. The minimum absolute atomic E-state index is 1.32. The van der Waals surface area contributed by atoms with Crippen molar-refractivity contribution in [3.8, 4) is 0 Å². The van der Waals surface area contributed by atoms with E-state index in [0.29, 0.717) is 0 Å². The number of rotatable bonds is 2. The van der Waals surface area contributed by atoms with Crippen LogP contribution >= 0.6 is 0 Å². The van der Waals surface area contributed by atoms with E-state index in [0.717, 1.165) is 0 Å². The predicted molar refractivity (Wildman–Crippen MR) is 95.4 cm³/mol. The quantitative estimate of drug-likeness (QED) is 0.568. The fourth-order valence-electron chi connectivity index (χ4n) is 3.31. The Balaban J connectivity index is 2.13. The molecule has 0 fully saturated rings. The molecule has 0 saturated carbocycles. The van der Waals surface area contributed by atoms with E-state index in [1.54, 1.807) is 19.8 Å². The topological polar surface area (TPSA) is 0 Å². The summed E-state index contributed by atoms with van der Waals surface area (Å²) in [7, 11) is 0. The Morgan fingerprint density at radius 1 is 0.571 bits per heavy atom. The van der Waals surface area contributed by atoms with Crippen LogP contribution in [0.25, 0.3) is 0 Å². The Bertz CT molecular complexity index is 613. The zero-order valence-corrected chi connectivity index (χ0v) is 15.4. The first-order valence-electron chi connectivity index (χ1n) is 7.68. The molecule has 0 saturated heterocycles. The van der Waals surface area contributed by atoms with Gasteiger partial charge in [0.1, 0.15) is 0 Å². The van der Waals surface area contributed by atoms with Gasteiger partial charge in [-0.15, -0.1) is 0 Å². The summed E-state index contributed by atoms with van der Waals surface area (Å²) in [4.78, 5) is 0. The van der Waals surface area contributed by atoms with Gasteiger partial charge in [0.05, 0.1) is 0 Å². The minimum atomic E-state index is -2.05. The number of allylic oxidation sites excluding steroid dienone is 2. The molecule has 1 heterocycles. The van der Waals surface area contributed by atoms with Crippen LogP contribution in [0, 0.1) is 13.8 Å². The number of aryl methyl sites for hydroxylation is 2. The van der Waals surface area contributed by atoms with Crippen molar-refractivity contribution in [3.05, 3.63) is 70.8 Å². The summed E-state index contributed by atoms with van der Waals surface area (Å²) in [5, 5.41) is 2.63. The van der Waals surface area contributed by atoms with E-state index >= 15 is 0 Å². The zero-order valence-electron chi connectivity index (χ0n) is 13.5. The fraction of sp³-hybridized carbons (Fsp3) is 0.300. The Labute approximate surface area is 131 Å². The Morgan fingerprint density at radius 2 is 0.905 bits per heavy atom. The molecule has 0 atom stereocenters. The van der Waals surface area contributed by atoms with E-state index < -0.39 is 13.6 Å². The van der Waals surface area contributed by atoms with Gasteiger partial charge < -0.3 is 0 Å². The summed E-state index contributed by atoms with van der Waals surface area (Å²) in [6.45, 7) is 9.02. The van der Waals surface area contributed by atoms with Gasteiger partial charge in [0.25, 0.3) is 0 Å². The first kappa shape index (κ1) is 14.7. The second-order valence-corrected chi connectivity index (χ2v) is 14.1. The predicted octanol–water partition coefficient (Wildman–Crippen LogP) is 4.22. The van der Waals surface area contributed by atoms with Crippen LogP contribution in [0.3, 0.4) is 0 Å². The average molecular weight is 339 g/mol. The summed E-state index contributed by atoms with van der Waals surface area (Å²) in [5.41, 5.74) is 5.97. The van der Waals surface area contributed by atoms with E-state index in [9.17, 15) is 0 Å². The molecule has 0 radical (unpaired) electrons. The molecule has 0 spiro atoms. The van der Waals surface area contributed by atoms with Gasteiger partial charge >= 0.3 is 131 Å². The molecule has 0 aromatic heterocycles. The summed E-state index contributed by atoms with van der Waals surface area (Å²) < 4.78 is 3.25. The van der Waals surface area contributed by atoms with Gasteiger partial charge in [0.15, 0.2) is 0 Å². The Kier molecular flexibility index (Phi) is 3.84. The molecule has 0 amide bonds. The van der Waals surface area contributed by atoms with Crippen LogP contribution < -0.4 is 8.70 Å². The molecule has 2 aromatic carbocycles. The monoisotopic (exact) mass is 339 g/mol. The summed E-state index contributed by atoms with van der Waals surface area (Å²) in [6, 6.07) is 18.7. The maximum absolute atomic E-state index is 2.40. The molecule has 21 heavy (non-hydrogen) atoms. The second kappa shape index (κ2) is 5.50. The second-order valence-electron chi connectivity index (χ2n) is 6.52. The molecule has 0 bridgehead atoms. The molecule has 108 valence electrons. The van der Waals surface area contributed by atoms with Gasteiger partial charge in [-0.2, -0.15) is 0 Å². The third kappa shape index (κ3) is 2.62. The van der Waals surface area contributed by atoms with Crippen LogP contribution in [-0.4, -0.2) is 13.6 Å². The third-order valence-electron chi connectivity index (χ3n) is 4.80. The van der Waals surface area contributed by atoms with E-state index in [-0.39, 0.29) is 0 Å². The van der Waals surface area contributed by atoms with Gasteiger partial charge in [-0.1, -0.05) is 0 Å². The summed E-state index contributed by atoms with van der Waals surface area (Å²) >= 11 is -2.05. The van der Waals surface area contributed by atoms with Crippen molar-refractivity contribution >= 4 is 22.3 Å². The summed E-state index contributed by atoms with van der Waals surface area (Å²) in [6.07, 6.45) is 0. The van der Waals surface area contributed by atoms with E-state index in [1.807, 2.05) is 0 Å². The van der Waals surface area contributed by atoms with Gasteiger partial charge in [0, 0.05) is 0 Å². The van der Waals surface area contributed by atoms with Crippen LogP contribution in [0.1, 0.15) is 25.0 Å². The first-order chi connectivity index (χ1) is 10.0. The summed E-state index contributed by atoms with van der Waals surface area (Å²) in [5.74, 6) is 0. The van der Waals surface area contributed by atoms with Gasteiger partial charge in [-0.25, -0.2) is 0 Å². The van der Waals surface area contributed by atoms with Crippen molar-refractivity contribution in [2.45, 2.75) is 38.1 Å². The SMILES string of the molecule is CC1=C(C)C[As+](c2ccc(C)cc2)(c2ccc(C)cc2)C1. The molecule has 1 aliphatic heterocycles. The average Bonchev–Trinajstić information content (AvgIpc) is 2.77. The number of hydrogen-bond acceptors (Lipinski definition) is 0. The van der Waals surface area contributed by atoms with E-state index in [4.69, 9.17) is 0 Å². The fourth-order valence-corrected chi connectivity index (χ4v) is 13.3. The molecule has 3 rings (SSSR count). The molecular formula is C20H24As+. The van der Waals surface area contributed by atoms with Gasteiger partial charge in [-0.05, 0) is 0 Å². The van der Waals surface area contributed by atoms with Crippen molar-refractivity contribution in [3.63, 3.8) is 0 Å². The number of hydrogen-bond donors (Lipinski definition) is 0. The van der Waals surface area contributed by atoms with Crippen molar-refractivity contribution < 1.29 is 0 Å². The molecule has 0 nitrogen and oxygen atoms in total. The molecule has 1 aliphatic rings. The van der Waals surface area contributed by atoms with E-state index in [1.165, 1.54) is 21.5 Å². The molecule has 0 aliphatic carbocycles. The van der Waals surface area contributed by atoms with Crippen LogP contribution in [0.4, 0.5) is 0 Å². The maximum atomic E-state index is 2.40. The van der Waals surface area contributed by atoms with Crippen molar-refractivity contribution in [2.75, 3.05) is 0 Å².